The molecular weight excluding hydrogens is 230 g/mol. The zero-order valence-electron chi connectivity index (χ0n) is 10.9. The van der Waals surface area contributed by atoms with Crippen LogP contribution in [-0.2, 0) is 16.1 Å². The third kappa shape index (κ3) is 6.91. The van der Waals surface area contributed by atoms with Gasteiger partial charge in [-0.3, -0.25) is 0 Å². The van der Waals surface area contributed by atoms with Crippen LogP contribution >= 0.6 is 0 Å². The van der Waals surface area contributed by atoms with Crippen molar-refractivity contribution in [2.45, 2.75) is 26.4 Å². The number of hydrogen-bond acceptors (Lipinski definition) is 3. The number of hydrogen-bond donors (Lipinski definition) is 1. The fourth-order valence-corrected chi connectivity index (χ4v) is 1.39. The SMILES string of the molecule is CCCOCCCNC(=O)OCc1ccccc1. The van der Waals surface area contributed by atoms with E-state index in [1.807, 2.05) is 30.3 Å². The molecule has 18 heavy (non-hydrogen) atoms. The van der Waals surface area contributed by atoms with Gasteiger partial charge in [0.15, 0.2) is 0 Å². The summed E-state index contributed by atoms with van der Waals surface area (Å²) in [6, 6.07) is 9.61. The van der Waals surface area contributed by atoms with E-state index in [1.165, 1.54) is 0 Å². The van der Waals surface area contributed by atoms with Crippen molar-refractivity contribution in [1.82, 2.24) is 5.32 Å². The molecule has 0 aliphatic rings. The minimum absolute atomic E-state index is 0.305. The maximum atomic E-state index is 11.3. The molecule has 0 aliphatic heterocycles. The Hall–Kier alpha value is -1.55. The largest absolute Gasteiger partial charge is 0.445 e. The summed E-state index contributed by atoms with van der Waals surface area (Å²) >= 11 is 0. The van der Waals surface area contributed by atoms with Crippen molar-refractivity contribution < 1.29 is 14.3 Å². The quantitative estimate of drug-likeness (QED) is 0.723. The summed E-state index contributed by atoms with van der Waals surface area (Å²) in [5.41, 5.74) is 0.985. The van der Waals surface area contributed by atoms with Crippen molar-refractivity contribution in [3.8, 4) is 0 Å². The summed E-state index contributed by atoms with van der Waals surface area (Å²) in [7, 11) is 0. The maximum Gasteiger partial charge on any atom is 0.407 e. The van der Waals surface area contributed by atoms with Crippen molar-refractivity contribution in [3.05, 3.63) is 35.9 Å². The van der Waals surface area contributed by atoms with Crippen molar-refractivity contribution in [3.63, 3.8) is 0 Å². The topological polar surface area (TPSA) is 47.6 Å². The number of amides is 1. The van der Waals surface area contributed by atoms with Crippen LogP contribution in [-0.4, -0.2) is 25.9 Å². The second kappa shape index (κ2) is 9.48. The number of alkyl carbamates (subject to hydrolysis) is 1. The lowest BCUT2D eigenvalue weighted by Gasteiger charge is -2.07. The Morgan fingerprint density at radius 2 is 2.00 bits per heavy atom. The van der Waals surface area contributed by atoms with E-state index in [0.29, 0.717) is 19.8 Å². The van der Waals surface area contributed by atoms with Gasteiger partial charge in [-0.2, -0.15) is 0 Å². The lowest BCUT2D eigenvalue weighted by atomic mass is 10.2. The molecule has 0 aliphatic carbocycles. The molecule has 0 saturated heterocycles. The van der Waals surface area contributed by atoms with Crippen LogP contribution in [0.3, 0.4) is 0 Å². The van der Waals surface area contributed by atoms with Crippen LogP contribution in [0.4, 0.5) is 4.79 Å². The second-order valence-corrected chi connectivity index (χ2v) is 3.95. The first-order valence-electron chi connectivity index (χ1n) is 6.35. The van der Waals surface area contributed by atoms with E-state index < -0.39 is 0 Å². The fourth-order valence-electron chi connectivity index (χ4n) is 1.39. The minimum atomic E-state index is -0.380. The molecule has 0 aromatic heterocycles. The van der Waals surface area contributed by atoms with Crippen LogP contribution in [0.1, 0.15) is 25.3 Å². The zero-order chi connectivity index (χ0) is 13.1. The molecule has 4 nitrogen and oxygen atoms in total. The normalized spacial score (nSPS) is 10.1. The summed E-state index contributed by atoms with van der Waals surface area (Å²) in [5, 5.41) is 2.69. The molecule has 100 valence electrons. The minimum Gasteiger partial charge on any atom is -0.445 e. The molecule has 1 amide bonds. The van der Waals surface area contributed by atoms with Crippen molar-refractivity contribution in [1.29, 1.82) is 0 Å². The summed E-state index contributed by atoms with van der Waals surface area (Å²) in [4.78, 5) is 11.3. The lowest BCUT2D eigenvalue weighted by Crippen LogP contribution is -2.26. The number of ether oxygens (including phenoxy) is 2. The lowest BCUT2D eigenvalue weighted by molar-refractivity contribution is 0.125. The predicted molar refractivity (Wildman–Crippen MR) is 70.4 cm³/mol. The fraction of sp³-hybridized carbons (Fsp3) is 0.500. The van der Waals surface area contributed by atoms with Crippen LogP contribution in [0.15, 0.2) is 30.3 Å². The number of rotatable bonds is 8. The average molecular weight is 251 g/mol. The average Bonchev–Trinajstić information content (AvgIpc) is 2.41. The highest BCUT2D eigenvalue weighted by molar-refractivity contribution is 5.67. The van der Waals surface area contributed by atoms with Gasteiger partial charge in [-0.25, -0.2) is 4.79 Å². The van der Waals surface area contributed by atoms with E-state index in [-0.39, 0.29) is 6.09 Å². The van der Waals surface area contributed by atoms with Gasteiger partial charge in [-0.15, -0.1) is 0 Å². The van der Waals surface area contributed by atoms with E-state index in [1.54, 1.807) is 0 Å². The van der Waals surface area contributed by atoms with E-state index in [9.17, 15) is 4.79 Å². The van der Waals surface area contributed by atoms with Crippen molar-refractivity contribution in [2.24, 2.45) is 0 Å². The van der Waals surface area contributed by atoms with Gasteiger partial charge in [0.05, 0.1) is 0 Å². The van der Waals surface area contributed by atoms with E-state index in [2.05, 4.69) is 12.2 Å². The first kappa shape index (κ1) is 14.5. The highest BCUT2D eigenvalue weighted by Gasteiger charge is 2.01. The predicted octanol–water partition coefficient (Wildman–Crippen LogP) is 2.73. The molecule has 0 atom stereocenters. The number of carbonyl (C=O) groups is 1. The van der Waals surface area contributed by atoms with Crippen molar-refractivity contribution in [2.75, 3.05) is 19.8 Å². The molecule has 1 aromatic rings. The van der Waals surface area contributed by atoms with Crippen LogP contribution in [0.25, 0.3) is 0 Å². The van der Waals surface area contributed by atoms with Gasteiger partial charge >= 0.3 is 6.09 Å². The van der Waals surface area contributed by atoms with Gasteiger partial charge in [0.1, 0.15) is 6.61 Å². The third-order valence-corrected chi connectivity index (χ3v) is 2.30. The highest BCUT2D eigenvalue weighted by Crippen LogP contribution is 2.00. The molecular formula is C14H21NO3. The maximum absolute atomic E-state index is 11.3. The summed E-state index contributed by atoms with van der Waals surface area (Å²) < 4.78 is 10.4. The van der Waals surface area contributed by atoms with Crippen molar-refractivity contribution >= 4 is 6.09 Å². The molecule has 4 heteroatoms. The molecule has 0 heterocycles. The first-order valence-corrected chi connectivity index (χ1v) is 6.35. The van der Waals surface area contributed by atoms with Gasteiger partial charge in [0.25, 0.3) is 0 Å². The van der Waals surface area contributed by atoms with Gasteiger partial charge in [0.2, 0.25) is 0 Å². The second-order valence-electron chi connectivity index (χ2n) is 3.95. The molecule has 0 saturated carbocycles. The smallest absolute Gasteiger partial charge is 0.407 e. The molecule has 0 radical (unpaired) electrons. The van der Waals surface area contributed by atoms with E-state index in [4.69, 9.17) is 9.47 Å². The number of benzene rings is 1. The van der Waals surface area contributed by atoms with Crippen LogP contribution in [0.5, 0.6) is 0 Å². The Balaban J connectivity index is 2.01. The number of carbonyl (C=O) groups excluding carboxylic acids is 1. The summed E-state index contributed by atoms with van der Waals surface area (Å²) in [5.74, 6) is 0. The molecule has 1 aromatic carbocycles. The standard InChI is InChI=1S/C14H21NO3/c1-2-10-17-11-6-9-15-14(16)18-12-13-7-4-3-5-8-13/h3-5,7-8H,2,6,9-12H2,1H3,(H,15,16). The van der Waals surface area contributed by atoms with Gasteiger partial charge in [0, 0.05) is 19.8 Å². The Labute approximate surface area is 108 Å². The van der Waals surface area contributed by atoms with Crippen LogP contribution < -0.4 is 5.32 Å². The summed E-state index contributed by atoms with van der Waals surface area (Å²) in [6.07, 6.45) is 1.45. The molecule has 0 spiro atoms. The van der Waals surface area contributed by atoms with Crippen LogP contribution in [0, 0.1) is 0 Å². The monoisotopic (exact) mass is 251 g/mol. The third-order valence-electron chi connectivity index (χ3n) is 2.30. The molecule has 0 fully saturated rings. The van der Waals surface area contributed by atoms with Gasteiger partial charge in [-0.1, -0.05) is 37.3 Å². The first-order chi connectivity index (χ1) is 8.83. The Morgan fingerprint density at radius 3 is 2.72 bits per heavy atom. The molecule has 0 unspecified atom stereocenters. The van der Waals surface area contributed by atoms with Crippen LogP contribution in [0.2, 0.25) is 0 Å². The Kier molecular flexibility index (Phi) is 7.64. The number of nitrogens with one attached hydrogen (secondary N) is 1. The Bertz CT molecular complexity index is 327. The van der Waals surface area contributed by atoms with Gasteiger partial charge < -0.3 is 14.8 Å². The zero-order valence-corrected chi connectivity index (χ0v) is 10.9. The van der Waals surface area contributed by atoms with E-state index in [0.717, 1.165) is 25.0 Å². The Morgan fingerprint density at radius 1 is 1.22 bits per heavy atom. The molecule has 1 rings (SSSR count). The highest BCUT2D eigenvalue weighted by atomic mass is 16.5. The molecule has 1 N–H and O–H groups in total. The van der Waals surface area contributed by atoms with Gasteiger partial charge in [-0.05, 0) is 18.4 Å². The summed E-state index contributed by atoms with van der Waals surface area (Å²) in [6.45, 7) is 4.40. The molecule has 0 bridgehead atoms. The van der Waals surface area contributed by atoms with E-state index >= 15 is 0 Å².